The van der Waals surface area contributed by atoms with Gasteiger partial charge in [-0.3, -0.25) is 4.79 Å². The first-order valence-electron chi connectivity index (χ1n) is 5.05. The largest absolute Gasteiger partial charge is 0.371 e. The summed E-state index contributed by atoms with van der Waals surface area (Å²) in [5.41, 5.74) is 0. The first-order valence-corrected chi connectivity index (χ1v) is 5.05. The highest BCUT2D eigenvalue weighted by Crippen LogP contribution is 2.09. The molecule has 0 saturated carbocycles. The Morgan fingerprint density at radius 2 is 2.38 bits per heavy atom. The van der Waals surface area contributed by atoms with Gasteiger partial charge in [0.2, 0.25) is 0 Å². The molecule has 1 aliphatic rings. The van der Waals surface area contributed by atoms with Crippen LogP contribution in [0.25, 0.3) is 0 Å². The zero-order chi connectivity index (χ0) is 9.68. The molecule has 0 aliphatic carbocycles. The van der Waals surface area contributed by atoms with E-state index in [1.807, 2.05) is 13.8 Å². The average molecular weight is 185 g/mol. The maximum atomic E-state index is 11.3. The lowest BCUT2D eigenvalue weighted by Gasteiger charge is -2.10. The number of Topliss-reactive ketones (excluding diaryl/α,β-unsaturated/α-hetero) is 1. The Morgan fingerprint density at radius 3 is 2.92 bits per heavy atom. The lowest BCUT2D eigenvalue weighted by atomic mass is 10.1. The zero-order valence-corrected chi connectivity index (χ0v) is 8.51. The summed E-state index contributed by atoms with van der Waals surface area (Å²) in [5, 5.41) is 3.30. The van der Waals surface area contributed by atoms with Crippen molar-refractivity contribution in [1.29, 1.82) is 0 Å². The van der Waals surface area contributed by atoms with E-state index < -0.39 is 0 Å². The summed E-state index contributed by atoms with van der Waals surface area (Å²) in [5.74, 6) is 0.216. The van der Waals surface area contributed by atoms with Crippen LogP contribution in [0.3, 0.4) is 0 Å². The van der Waals surface area contributed by atoms with Gasteiger partial charge in [-0.05, 0) is 33.2 Å². The molecule has 0 radical (unpaired) electrons. The minimum atomic E-state index is 0.153. The molecular formula is C10H19NO2. The highest BCUT2D eigenvalue weighted by molar-refractivity contribution is 5.80. The number of hydrogen-bond acceptors (Lipinski definition) is 3. The van der Waals surface area contributed by atoms with Crippen molar-refractivity contribution in [3.63, 3.8) is 0 Å². The molecule has 3 heteroatoms. The van der Waals surface area contributed by atoms with Crippen LogP contribution in [0.5, 0.6) is 0 Å². The van der Waals surface area contributed by atoms with Gasteiger partial charge in [0.25, 0.3) is 0 Å². The summed E-state index contributed by atoms with van der Waals surface area (Å²) < 4.78 is 5.24. The number of ether oxygens (including phenoxy) is 1. The van der Waals surface area contributed by atoms with Crippen molar-refractivity contribution in [1.82, 2.24) is 5.32 Å². The molecule has 0 amide bonds. The van der Waals surface area contributed by atoms with Crippen LogP contribution in [0.2, 0.25) is 0 Å². The Kier molecular flexibility index (Phi) is 4.39. The predicted octanol–water partition coefficient (Wildman–Crippen LogP) is 1.12. The highest BCUT2D eigenvalue weighted by atomic mass is 16.5. The van der Waals surface area contributed by atoms with Gasteiger partial charge in [-0.1, -0.05) is 0 Å². The Labute approximate surface area is 79.8 Å². The summed E-state index contributed by atoms with van der Waals surface area (Å²) in [7, 11) is 0. The first kappa shape index (κ1) is 10.7. The summed E-state index contributed by atoms with van der Waals surface area (Å²) in [6.07, 6.45) is 3.11. The topological polar surface area (TPSA) is 38.3 Å². The molecule has 1 fully saturated rings. The molecule has 0 spiro atoms. The van der Waals surface area contributed by atoms with Gasteiger partial charge >= 0.3 is 0 Å². The van der Waals surface area contributed by atoms with E-state index >= 15 is 0 Å². The number of carbonyl (C=O) groups is 1. The zero-order valence-electron chi connectivity index (χ0n) is 8.51. The minimum Gasteiger partial charge on any atom is -0.371 e. The lowest BCUT2D eigenvalue weighted by molar-refractivity contribution is -0.125. The molecule has 0 aromatic carbocycles. The molecule has 1 heterocycles. The number of ketones is 1. The van der Waals surface area contributed by atoms with Gasteiger partial charge in [0.1, 0.15) is 6.61 Å². The third kappa shape index (κ3) is 4.39. The molecule has 1 saturated heterocycles. The number of hydrogen-bond donors (Lipinski definition) is 1. The van der Waals surface area contributed by atoms with Crippen LogP contribution in [-0.2, 0) is 9.53 Å². The van der Waals surface area contributed by atoms with E-state index in [1.165, 1.54) is 6.42 Å². The molecule has 3 nitrogen and oxygen atoms in total. The van der Waals surface area contributed by atoms with Crippen LogP contribution in [0, 0.1) is 0 Å². The van der Waals surface area contributed by atoms with Crippen molar-refractivity contribution in [2.24, 2.45) is 0 Å². The summed E-state index contributed by atoms with van der Waals surface area (Å²) in [4.78, 5) is 11.3. The Bertz CT molecular complexity index is 162. The van der Waals surface area contributed by atoms with Crippen molar-refractivity contribution in [3.05, 3.63) is 0 Å². The number of carbonyl (C=O) groups excluding carboxylic acids is 1. The van der Waals surface area contributed by atoms with Crippen molar-refractivity contribution in [2.45, 2.75) is 45.3 Å². The second-order valence-corrected chi connectivity index (χ2v) is 3.90. The van der Waals surface area contributed by atoms with Crippen molar-refractivity contribution < 1.29 is 9.53 Å². The monoisotopic (exact) mass is 185 g/mol. The lowest BCUT2D eigenvalue weighted by Crippen LogP contribution is -2.26. The molecule has 0 bridgehead atoms. The molecule has 0 aromatic rings. The standard InChI is InChI=1S/C10H19NO2/c1-8(2)13-7-10(12)6-9-4-3-5-11-9/h8-9,11H,3-7H2,1-2H3. The molecule has 76 valence electrons. The second kappa shape index (κ2) is 5.35. The average Bonchev–Trinajstić information content (AvgIpc) is 2.53. The van der Waals surface area contributed by atoms with E-state index in [0.29, 0.717) is 12.5 Å². The SMILES string of the molecule is CC(C)OCC(=O)CC1CCCN1. The Balaban J connectivity index is 2.09. The predicted molar refractivity (Wildman–Crippen MR) is 51.7 cm³/mol. The van der Waals surface area contributed by atoms with Gasteiger partial charge < -0.3 is 10.1 Å². The quantitative estimate of drug-likeness (QED) is 0.697. The van der Waals surface area contributed by atoms with Crippen molar-refractivity contribution in [3.8, 4) is 0 Å². The molecular weight excluding hydrogens is 166 g/mol. The fraction of sp³-hybridized carbons (Fsp3) is 0.900. The second-order valence-electron chi connectivity index (χ2n) is 3.90. The molecule has 1 N–H and O–H groups in total. The van der Waals surface area contributed by atoms with E-state index in [1.54, 1.807) is 0 Å². The number of nitrogens with one attached hydrogen (secondary N) is 1. The first-order chi connectivity index (χ1) is 6.18. The van der Waals surface area contributed by atoms with Crippen LogP contribution in [0.15, 0.2) is 0 Å². The summed E-state index contributed by atoms with van der Waals surface area (Å²) in [6, 6.07) is 0.406. The van der Waals surface area contributed by atoms with E-state index in [4.69, 9.17) is 4.74 Å². The van der Waals surface area contributed by atoms with Gasteiger partial charge in [-0.25, -0.2) is 0 Å². The molecule has 0 aromatic heterocycles. The minimum absolute atomic E-state index is 0.153. The third-order valence-electron chi connectivity index (χ3n) is 2.21. The fourth-order valence-electron chi connectivity index (χ4n) is 1.52. The summed E-state index contributed by atoms with van der Waals surface area (Å²) >= 11 is 0. The maximum Gasteiger partial charge on any atom is 0.160 e. The molecule has 13 heavy (non-hydrogen) atoms. The molecule has 1 aliphatic heterocycles. The summed E-state index contributed by atoms with van der Waals surface area (Å²) in [6.45, 7) is 5.22. The van der Waals surface area contributed by atoms with Crippen LogP contribution < -0.4 is 5.32 Å². The highest BCUT2D eigenvalue weighted by Gasteiger charge is 2.17. The van der Waals surface area contributed by atoms with Crippen LogP contribution in [0.1, 0.15) is 33.1 Å². The van der Waals surface area contributed by atoms with E-state index in [2.05, 4.69) is 5.32 Å². The van der Waals surface area contributed by atoms with Gasteiger partial charge in [-0.2, -0.15) is 0 Å². The number of rotatable bonds is 5. The van der Waals surface area contributed by atoms with E-state index in [9.17, 15) is 4.79 Å². The molecule has 1 rings (SSSR count). The van der Waals surface area contributed by atoms with Crippen LogP contribution in [0.4, 0.5) is 0 Å². The van der Waals surface area contributed by atoms with Gasteiger partial charge in [0.05, 0.1) is 6.10 Å². The van der Waals surface area contributed by atoms with Crippen LogP contribution >= 0.6 is 0 Å². The Hall–Kier alpha value is -0.410. The maximum absolute atomic E-state index is 11.3. The molecule has 1 unspecified atom stereocenters. The smallest absolute Gasteiger partial charge is 0.160 e. The fourth-order valence-corrected chi connectivity index (χ4v) is 1.52. The van der Waals surface area contributed by atoms with Gasteiger partial charge in [0.15, 0.2) is 5.78 Å². The van der Waals surface area contributed by atoms with E-state index in [-0.39, 0.29) is 18.5 Å². The van der Waals surface area contributed by atoms with Crippen molar-refractivity contribution >= 4 is 5.78 Å². The normalized spacial score (nSPS) is 22.5. The van der Waals surface area contributed by atoms with Crippen molar-refractivity contribution in [2.75, 3.05) is 13.2 Å². The van der Waals surface area contributed by atoms with Crippen LogP contribution in [-0.4, -0.2) is 31.1 Å². The van der Waals surface area contributed by atoms with E-state index in [0.717, 1.165) is 13.0 Å². The van der Waals surface area contributed by atoms with Gasteiger partial charge in [-0.15, -0.1) is 0 Å². The van der Waals surface area contributed by atoms with Gasteiger partial charge in [0, 0.05) is 12.5 Å². The Morgan fingerprint density at radius 1 is 1.62 bits per heavy atom. The molecule has 1 atom stereocenters. The third-order valence-corrected chi connectivity index (χ3v) is 2.21.